The minimum absolute atomic E-state index is 0.0877. The largest absolute Gasteiger partial charge is 0.454 e. The molecule has 2 fully saturated rings. The molecule has 1 aromatic carbocycles. The van der Waals surface area contributed by atoms with Crippen molar-refractivity contribution in [3.63, 3.8) is 0 Å². The molecule has 2 aliphatic rings. The molecule has 150 valence electrons. The van der Waals surface area contributed by atoms with Crippen LogP contribution in [0.5, 0.6) is 0 Å². The standard InChI is InChI=1S/C18H21N3O6S/c1-10-4-5-12(21(25)26)16(11(10)2)19-14(22)8-27-17(24)13-9-28-18(3)7-6-15(23)20(13)18/h4-5,13H,6-9H2,1-3H3,(H,19,22)/t13-,18+/m0/s1. The Balaban J connectivity index is 1.64. The molecule has 0 spiro atoms. The fraction of sp³-hybridized carbons (Fsp3) is 0.500. The van der Waals surface area contributed by atoms with Gasteiger partial charge in [-0.15, -0.1) is 11.8 Å². The van der Waals surface area contributed by atoms with E-state index in [9.17, 15) is 24.5 Å². The lowest BCUT2D eigenvalue weighted by atomic mass is 10.1. The summed E-state index contributed by atoms with van der Waals surface area (Å²) in [5.41, 5.74) is 1.21. The van der Waals surface area contributed by atoms with Crippen molar-refractivity contribution >= 4 is 40.9 Å². The molecule has 2 aliphatic heterocycles. The number of hydrogen-bond acceptors (Lipinski definition) is 7. The van der Waals surface area contributed by atoms with Gasteiger partial charge < -0.3 is 15.0 Å². The first-order valence-corrected chi connectivity index (χ1v) is 9.80. The zero-order chi connectivity index (χ0) is 20.6. The van der Waals surface area contributed by atoms with E-state index in [0.717, 1.165) is 5.56 Å². The topological polar surface area (TPSA) is 119 Å². The number of nitro benzene ring substituents is 1. The van der Waals surface area contributed by atoms with E-state index >= 15 is 0 Å². The van der Waals surface area contributed by atoms with Crippen LogP contribution in [-0.2, 0) is 19.1 Å². The van der Waals surface area contributed by atoms with Crippen LogP contribution >= 0.6 is 11.8 Å². The Labute approximate surface area is 165 Å². The van der Waals surface area contributed by atoms with Crippen LogP contribution in [0.2, 0.25) is 0 Å². The Morgan fingerprint density at radius 3 is 2.82 bits per heavy atom. The number of thioether (sulfide) groups is 1. The van der Waals surface area contributed by atoms with Crippen LogP contribution in [0.3, 0.4) is 0 Å². The maximum Gasteiger partial charge on any atom is 0.330 e. The van der Waals surface area contributed by atoms with Crippen molar-refractivity contribution < 1.29 is 24.0 Å². The number of rotatable bonds is 5. The Kier molecular flexibility index (Phi) is 5.33. The summed E-state index contributed by atoms with van der Waals surface area (Å²) in [5, 5.41) is 13.7. The molecule has 0 saturated carbocycles. The molecule has 28 heavy (non-hydrogen) atoms. The first kappa shape index (κ1) is 20.1. The SMILES string of the molecule is Cc1ccc([N+](=O)[O-])c(NC(=O)COC(=O)[C@@H]2CS[C@]3(C)CCC(=O)N23)c1C. The van der Waals surface area contributed by atoms with Crippen molar-refractivity contribution in [2.24, 2.45) is 0 Å². The number of hydrogen-bond donors (Lipinski definition) is 1. The van der Waals surface area contributed by atoms with Crippen LogP contribution in [0.25, 0.3) is 0 Å². The number of carbonyl (C=O) groups is 3. The number of aryl methyl sites for hydroxylation is 1. The number of carbonyl (C=O) groups excluding carboxylic acids is 3. The minimum Gasteiger partial charge on any atom is -0.454 e. The molecule has 2 atom stereocenters. The zero-order valence-corrected chi connectivity index (χ0v) is 16.6. The van der Waals surface area contributed by atoms with Gasteiger partial charge in [-0.2, -0.15) is 0 Å². The van der Waals surface area contributed by atoms with E-state index in [-0.39, 0.29) is 17.3 Å². The molecule has 0 aliphatic carbocycles. The van der Waals surface area contributed by atoms with E-state index in [1.807, 2.05) is 6.92 Å². The number of anilines is 1. The van der Waals surface area contributed by atoms with E-state index in [2.05, 4.69) is 5.32 Å². The van der Waals surface area contributed by atoms with Crippen molar-refractivity contribution in [1.82, 2.24) is 4.90 Å². The third-order valence-corrected chi connectivity index (χ3v) is 6.74. The number of fused-ring (bicyclic) bond motifs is 1. The van der Waals surface area contributed by atoms with Crippen molar-refractivity contribution in [3.8, 4) is 0 Å². The highest BCUT2D eigenvalue weighted by Gasteiger charge is 2.53. The first-order valence-electron chi connectivity index (χ1n) is 8.81. The average Bonchev–Trinajstić information content (AvgIpc) is 3.13. The van der Waals surface area contributed by atoms with Gasteiger partial charge in [0.1, 0.15) is 11.7 Å². The molecule has 2 saturated heterocycles. The zero-order valence-electron chi connectivity index (χ0n) is 15.8. The number of ether oxygens (including phenoxy) is 1. The van der Waals surface area contributed by atoms with Gasteiger partial charge in [0.2, 0.25) is 5.91 Å². The highest BCUT2D eigenvalue weighted by Crippen LogP contribution is 2.47. The van der Waals surface area contributed by atoms with Gasteiger partial charge in [0, 0.05) is 18.2 Å². The summed E-state index contributed by atoms with van der Waals surface area (Å²) in [6.07, 6.45) is 1.07. The molecule has 0 unspecified atom stereocenters. The second-order valence-electron chi connectivity index (χ2n) is 7.08. The van der Waals surface area contributed by atoms with Gasteiger partial charge in [0.25, 0.3) is 11.6 Å². The molecule has 2 heterocycles. The monoisotopic (exact) mass is 407 g/mol. The maximum absolute atomic E-state index is 12.4. The Morgan fingerprint density at radius 2 is 2.14 bits per heavy atom. The summed E-state index contributed by atoms with van der Waals surface area (Å²) < 4.78 is 5.10. The third-order valence-electron chi connectivity index (χ3n) is 5.24. The summed E-state index contributed by atoms with van der Waals surface area (Å²) in [4.78, 5) is 48.5. The van der Waals surface area contributed by atoms with Gasteiger partial charge >= 0.3 is 5.97 Å². The minimum atomic E-state index is -0.715. The van der Waals surface area contributed by atoms with Gasteiger partial charge in [0.15, 0.2) is 6.61 Å². The van der Waals surface area contributed by atoms with Crippen LogP contribution in [0.1, 0.15) is 30.9 Å². The van der Waals surface area contributed by atoms with Crippen LogP contribution in [-0.4, -0.2) is 50.9 Å². The van der Waals surface area contributed by atoms with Crippen LogP contribution in [0.4, 0.5) is 11.4 Å². The fourth-order valence-corrected chi connectivity index (χ4v) is 4.93. The maximum atomic E-state index is 12.4. The van der Waals surface area contributed by atoms with Crippen molar-refractivity contribution in [2.75, 3.05) is 17.7 Å². The molecule has 0 bridgehead atoms. The highest BCUT2D eigenvalue weighted by atomic mass is 32.2. The molecular weight excluding hydrogens is 386 g/mol. The first-order chi connectivity index (χ1) is 13.1. The Morgan fingerprint density at radius 1 is 1.43 bits per heavy atom. The molecule has 1 N–H and O–H groups in total. The van der Waals surface area contributed by atoms with E-state index in [1.54, 1.807) is 24.8 Å². The lowest BCUT2D eigenvalue weighted by molar-refractivity contribution is -0.384. The van der Waals surface area contributed by atoms with E-state index in [4.69, 9.17) is 4.74 Å². The molecule has 9 nitrogen and oxygen atoms in total. The normalized spacial score (nSPS) is 23.5. The summed E-state index contributed by atoms with van der Waals surface area (Å²) in [7, 11) is 0. The van der Waals surface area contributed by atoms with Crippen LogP contribution in [0.15, 0.2) is 12.1 Å². The predicted molar refractivity (Wildman–Crippen MR) is 103 cm³/mol. The predicted octanol–water partition coefficient (Wildman–Crippen LogP) is 2.15. The summed E-state index contributed by atoms with van der Waals surface area (Å²) >= 11 is 1.53. The van der Waals surface area contributed by atoms with Crippen LogP contribution in [0, 0.1) is 24.0 Å². The van der Waals surface area contributed by atoms with E-state index in [0.29, 0.717) is 24.2 Å². The molecule has 0 aromatic heterocycles. The number of esters is 1. The highest BCUT2D eigenvalue weighted by molar-refractivity contribution is 8.01. The van der Waals surface area contributed by atoms with Gasteiger partial charge in [-0.25, -0.2) is 4.79 Å². The number of nitro groups is 1. The van der Waals surface area contributed by atoms with Gasteiger partial charge in [0.05, 0.1) is 9.79 Å². The number of amides is 2. The van der Waals surface area contributed by atoms with Crippen LogP contribution < -0.4 is 5.32 Å². The van der Waals surface area contributed by atoms with Gasteiger partial charge in [-0.05, 0) is 38.3 Å². The second kappa shape index (κ2) is 7.42. The summed E-state index contributed by atoms with van der Waals surface area (Å²) in [6, 6.07) is 2.21. The molecule has 1 aromatic rings. The summed E-state index contributed by atoms with van der Waals surface area (Å²) in [6.45, 7) is 4.78. The van der Waals surface area contributed by atoms with Crippen molar-refractivity contribution in [3.05, 3.63) is 33.4 Å². The molecule has 10 heteroatoms. The quantitative estimate of drug-likeness (QED) is 0.451. The van der Waals surface area contributed by atoms with Crippen molar-refractivity contribution in [2.45, 2.75) is 44.5 Å². The molecule has 0 radical (unpaired) electrons. The van der Waals surface area contributed by atoms with Crippen molar-refractivity contribution in [1.29, 1.82) is 0 Å². The molecular formula is C18H21N3O6S. The third kappa shape index (κ3) is 3.56. The number of nitrogens with one attached hydrogen (secondary N) is 1. The molecule has 2 amide bonds. The number of nitrogens with zero attached hydrogens (tertiary/aromatic N) is 2. The lowest BCUT2D eigenvalue weighted by Gasteiger charge is -2.29. The second-order valence-corrected chi connectivity index (χ2v) is 8.58. The Hall–Kier alpha value is -2.62. The van der Waals surface area contributed by atoms with Gasteiger partial charge in [-0.1, -0.05) is 6.07 Å². The van der Waals surface area contributed by atoms with Gasteiger partial charge in [-0.3, -0.25) is 19.7 Å². The lowest BCUT2D eigenvalue weighted by Crippen LogP contribution is -2.47. The van der Waals surface area contributed by atoms with E-state index in [1.165, 1.54) is 17.8 Å². The smallest absolute Gasteiger partial charge is 0.330 e. The van der Waals surface area contributed by atoms with E-state index < -0.39 is 34.3 Å². The summed E-state index contributed by atoms with van der Waals surface area (Å²) in [5.74, 6) is -0.987. The number of benzene rings is 1. The fourth-order valence-electron chi connectivity index (χ4n) is 3.52. The average molecular weight is 407 g/mol. The molecule has 3 rings (SSSR count). The Bertz CT molecular complexity index is 873.